The van der Waals surface area contributed by atoms with E-state index in [2.05, 4.69) is 5.32 Å². The summed E-state index contributed by atoms with van der Waals surface area (Å²) < 4.78 is 21.1. The van der Waals surface area contributed by atoms with E-state index in [1.54, 1.807) is 36.4 Å². The van der Waals surface area contributed by atoms with Crippen LogP contribution in [0.25, 0.3) is 11.0 Å². The molecule has 0 saturated carbocycles. The second kappa shape index (κ2) is 9.80. The zero-order valence-corrected chi connectivity index (χ0v) is 17.5. The van der Waals surface area contributed by atoms with Gasteiger partial charge in [0.2, 0.25) is 0 Å². The SMILES string of the molecule is CCC(C)NC(=O)c1cc2ccc(OC(=O)COc3ccccc3OC)cc2oc1=O. The van der Waals surface area contributed by atoms with Crippen LogP contribution in [0.15, 0.2) is 57.7 Å². The van der Waals surface area contributed by atoms with E-state index >= 15 is 0 Å². The van der Waals surface area contributed by atoms with E-state index in [0.717, 1.165) is 6.42 Å². The van der Waals surface area contributed by atoms with Gasteiger partial charge in [-0.15, -0.1) is 0 Å². The van der Waals surface area contributed by atoms with Gasteiger partial charge in [0.15, 0.2) is 18.1 Å². The lowest BCUT2D eigenvalue weighted by atomic mass is 10.1. The fourth-order valence-electron chi connectivity index (χ4n) is 2.75. The Morgan fingerprint density at radius 1 is 1.10 bits per heavy atom. The number of esters is 1. The third-order valence-electron chi connectivity index (χ3n) is 4.59. The predicted octanol–water partition coefficient (Wildman–Crippen LogP) is 3.31. The lowest BCUT2D eigenvalue weighted by Gasteiger charge is -2.11. The largest absolute Gasteiger partial charge is 0.493 e. The normalized spacial score (nSPS) is 11.6. The van der Waals surface area contributed by atoms with Gasteiger partial charge in [0.25, 0.3) is 5.91 Å². The Kier molecular flexibility index (Phi) is 6.92. The van der Waals surface area contributed by atoms with Gasteiger partial charge in [-0.2, -0.15) is 0 Å². The summed E-state index contributed by atoms with van der Waals surface area (Å²) in [5.41, 5.74) is -0.653. The molecule has 8 nitrogen and oxygen atoms in total. The Balaban J connectivity index is 1.71. The molecule has 0 aliphatic heterocycles. The number of amides is 1. The summed E-state index contributed by atoms with van der Waals surface area (Å²) in [5.74, 6) is -0.0437. The summed E-state index contributed by atoms with van der Waals surface area (Å²) in [6.45, 7) is 3.44. The van der Waals surface area contributed by atoms with E-state index in [1.807, 2.05) is 13.8 Å². The van der Waals surface area contributed by atoms with Crippen molar-refractivity contribution in [1.29, 1.82) is 0 Å². The molecule has 0 spiro atoms. The van der Waals surface area contributed by atoms with Gasteiger partial charge in [0, 0.05) is 17.5 Å². The highest BCUT2D eigenvalue weighted by molar-refractivity contribution is 5.97. The minimum atomic E-state index is -0.767. The third kappa shape index (κ3) is 5.42. The van der Waals surface area contributed by atoms with E-state index in [1.165, 1.54) is 19.2 Å². The molecule has 0 saturated heterocycles. The summed E-state index contributed by atoms with van der Waals surface area (Å²) in [4.78, 5) is 36.6. The number of para-hydroxylation sites is 2. The molecule has 1 atom stereocenters. The second-order valence-electron chi connectivity index (χ2n) is 6.84. The minimum absolute atomic E-state index is 0.0672. The van der Waals surface area contributed by atoms with Crippen molar-refractivity contribution in [2.45, 2.75) is 26.3 Å². The molecular weight excluding hydrogens is 402 g/mol. The smallest absolute Gasteiger partial charge is 0.349 e. The summed E-state index contributed by atoms with van der Waals surface area (Å²) in [6.07, 6.45) is 0.736. The summed E-state index contributed by atoms with van der Waals surface area (Å²) >= 11 is 0. The maximum atomic E-state index is 12.3. The first-order valence-electron chi connectivity index (χ1n) is 9.76. The summed E-state index contributed by atoms with van der Waals surface area (Å²) in [5, 5.41) is 3.26. The molecule has 0 bridgehead atoms. The molecule has 1 aromatic heterocycles. The first-order valence-corrected chi connectivity index (χ1v) is 9.76. The Bertz CT molecular complexity index is 1150. The van der Waals surface area contributed by atoms with Crippen LogP contribution in [0.2, 0.25) is 0 Å². The molecule has 3 rings (SSSR count). The van der Waals surface area contributed by atoms with Gasteiger partial charge in [-0.25, -0.2) is 9.59 Å². The van der Waals surface area contributed by atoms with Crippen molar-refractivity contribution >= 4 is 22.8 Å². The van der Waals surface area contributed by atoms with E-state index in [4.69, 9.17) is 18.6 Å². The Hall–Kier alpha value is -3.81. The number of hydrogen-bond acceptors (Lipinski definition) is 7. The zero-order chi connectivity index (χ0) is 22.4. The number of carbonyl (C=O) groups excluding carboxylic acids is 2. The van der Waals surface area contributed by atoms with E-state index in [9.17, 15) is 14.4 Å². The number of nitrogens with one attached hydrogen (secondary N) is 1. The minimum Gasteiger partial charge on any atom is -0.493 e. The van der Waals surface area contributed by atoms with Crippen LogP contribution in [0.3, 0.4) is 0 Å². The van der Waals surface area contributed by atoms with Crippen LogP contribution in [-0.4, -0.2) is 31.6 Å². The van der Waals surface area contributed by atoms with Crippen molar-refractivity contribution in [3.8, 4) is 17.2 Å². The first kappa shape index (κ1) is 21.9. The standard InChI is InChI=1S/C23H23NO7/c1-4-14(2)24-22(26)17-11-15-9-10-16(12-20(15)31-23(17)27)30-21(25)13-29-19-8-6-5-7-18(19)28-3/h5-12,14H,4,13H2,1-3H3,(H,24,26). The maximum absolute atomic E-state index is 12.3. The van der Waals surface area contributed by atoms with Gasteiger partial charge in [0.05, 0.1) is 7.11 Å². The zero-order valence-electron chi connectivity index (χ0n) is 17.5. The third-order valence-corrected chi connectivity index (χ3v) is 4.59. The van der Waals surface area contributed by atoms with Crippen molar-refractivity contribution < 1.29 is 28.2 Å². The number of hydrogen-bond donors (Lipinski definition) is 1. The molecule has 0 aliphatic rings. The number of benzene rings is 2. The van der Waals surface area contributed by atoms with Crippen LogP contribution < -0.4 is 25.2 Å². The maximum Gasteiger partial charge on any atom is 0.349 e. The molecule has 0 radical (unpaired) electrons. The van der Waals surface area contributed by atoms with Crippen LogP contribution in [-0.2, 0) is 4.79 Å². The monoisotopic (exact) mass is 425 g/mol. The van der Waals surface area contributed by atoms with Gasteiger partial charge < -0.3 is 23.9 Å². The molecule has 1 unspecified atom stereocenters. The summed E-state index contributed by atoms with van der Waals surface area (Å²) in [7, 11) is 1.50. The molecule has 1 heterocycles. The molecule has 0 aliphatic carbocycles. The van der Waals surface area contributed by atoms with Crippen molar-refractivity contribution in [2.75, 3.05) is 13.7 Å². The molecule has 0 fully saturated rings. The molecule has 3 aromatic rings. The number of ether oxygens (including phenoxy) is 3. The second-order valence-corrected chi connectivity index (χ2v) is 6.84. The molecular formula is C23H23NO7. The lowest BCUT2D eigenvalue weighted by Crippen LogP contribution is -2.34. The molecule has 1 amide bonds. The van der Waals surface area contributed by atoms with Gasteiger partial charge in [-0.05, 0) is 43.7 Å². The fourth-order valence-corrected chi connectivity index (χ4v) is 2.75. The van der Waals surface area contributed by atoms with Crippen molar-refractivity contribution in [2.24, 2.45) is 0 Å². The number of fused-ring (bicyclic) bond motifs is 1. The number of rotatable bonds is 8. The van der Waals surface area contributed by atoms with Crippen molar-refractivity contribution in [3.05, 3.63) is 64.5 Å². The van der Waals surface area contributed by atoms with E-state index in [0.29, 0.717) is 16.9 Å². The average Bonchev–Trinajstić information content (AvgIpc) is 2.77. The Morgan fingerprint density at radius 3 is 2.55 bits per heavy atom. The van der Waals surface area contributed by atoms with Gasteiger partial charge >= 0.3 is 11.6 Å². The first-order chi connectivity index (χ1) is 14.9. The average molecular weight is 425 g/mol. The van der Waals surface area contributed by atoms with Crippen LogP contribution >= 0.6 is 0 Å². The highest BCUT2D eigenvalue weighted by Gasteiger charge is 2.16. The van der Waals surface area contributed by atoms with Crippen LogP contribution in [0, 0.1) is 0 Å². The predicted molar refractivity (Wildman–Crippen MR) is 114 cm³/mol. The van der Waals surface area contributed by atoms with Crippen molar-refractivity contribution in [1.82, 2.24) is 5.32 Å². The van der Waals surface area contributed by atoms with Crippen LogP contribution in [0.5, 0.6) is 17.2 Å². The molecule has 2 aromatic carbocycles. The van der Waals surface area contributed by atoms with Gasteiger partial charge in [0.1, 0.15) is 16.9 Å². The van der Waals surface area contributed by atoms with Crippen LogP contribution in [0.1, 0.15) is 30.6 Å². The van der Waals surface area contributed by atoms with Gasteiger partial charge in [-0.3, -0.25) is 4.79 Å². The summed E-state index contributed by atoms with van der Waals surface area (Å²) in [6, 6.07) is 12.9. The Morgan fingerprint density at radius 2 is 1.84 bits per heavy atom. The lowest BCUT2D eigenvalue weighted by molar-refractivity contribution is -0.136. The number of methoxy groups -OCH3 is 1. The topological polar surface area (TPSA) is 104 Å². The van der Waals surface area contributed by atoms with Crippen molar-refractivity contribution in [3.63, 3.8) is 0 Å². The molecule has 1 N–H and O–H groups in total. The highest BCUT2D eigenvalue weighted by Crippen LogP contribution is 2.26. The number of carbonyl (C=O) groups is 2. The highest BCUT2D eigenvalue weighted by atomic mass is 16.6. The van der Waals surface area contributed by atoms with Crippen LogP contribution in [0.4, 0.5) is 0 Å². The van der Waals surface area contributed by atoms with E-state index in [-0.39, 0.29) is 29.5 Å². The molecule has 31 heavy (non-hydrogen) atoms. The Labute approximate surface area is 178 Å². The molecule has 8 heteroatoms. The van der Waals surface area contributed by atoms with E-state index < -0.39 is 17.5 Å². The quantitative estimate of drug-likeness (QED) is 0.335. The van der Waals surface area contributed by atoms with Gasteiger partial charge in [-0.1, -0.05) is 19.1 Å². The molecule has 162 valence electrons. The fraction of sp³-hybridized carbons (Fsp3) is 0.261.